The largest absolute Gasteiger partial charge is 0.354 e. The number of hydrogen-bond acceptors (Lipinski definition) is 3. The quantitative estimate of drug-likeness (QED) is 0.790. The molecule has 1 heterocycles. The van der Waals surface area contributed by atoms with Gasteiger partial charge in [0.05, 0.1) is 18.1 Å². The summed E-state index contributed by atoms with van der Waals surface area (Å²) in [5, 5.41) is 6.16. The molecule has 19 heavy (non-hydrogen) atoms. The maximum atomic E-state index is 11.8. The van der Waals surface area contributed by atoms with E-state index in [2.05, 4.69) is 47.9 Å². The highest BCUT2D eigenvalue weighted by Gasteiger charge is 2.13. The fraction of sp³-hybridized carbons (Fsp3) is 0.714. The Balaban J connectivity index is 2.43. The van der Waals surface area contributed by atoms with Crippen molar-refractivity contribution >= 4 is 5.91 Å². The number of nitrogens with one attached hydrogen (secondary N) is 2. The number of nitrogens with zero attached hydrogens (tertiary/aromatic N) is 2. The monoisotopic (exact) mass is 266 g/mol. The van der Waals surface area contributed by atoms with Crippen LogP contribution in [0.4, 0.5) is 0 Å². The van der Waals surface area contributed by atoms with Crippen LogP contribution in [-0.2, 0) is 11.3 Å². The summed E-state index contributed by atoms with van der Waals surface area (Å²) in [5.41, 5.74) is 1.10. The van der Waals surface area contributed by atoms with Gasteiger partial charge in [-0.25, -0.2) is 4.98 Å². The van der Waals surface area contributed by atoms with Crippen LogP contribution in [0, 0.1) is 5.92 Å². The zero-order chi connectivity index (χ0) is 14.4. The van der Waals surface area contributed by atoms with E-state index < -0.39 is 0 Å². The van der Waals surface area contributed by atoms with Gasteiger partial charge in [0, 0.05) is 25.3 Å². The summed E-state index contributed by atoms with van der Waals surface area (Å²) in [6, 6.07) is 0.179. The Morgan fingerprint density at radius 2 is 2.00 bits per heavy atom. The lowest BCUT2D eigenvalue weighted by Gasteiger charge is -2.17. The molecule has 0 fully saturated rings. The number of carbonyl (C=O) groups excluding carboxylic acids is 1. The number of hydrogen-bond donors (Lipinski definition) is 2. The van der Waals surface area contributed by atoms with Crippen molar-refractivity contribution in [2.45, 2.75) is 53.2 Å². The van der Waals surface area contributed by atoms with Crippen LogP contribution >= 0.6 is 0 Å². The molecular formula is C14H26N4O. The van der Waals surface area contributed by atoms with E-state index in [0.29, 0.717) is 18.5 Å². The van der Waals surface area contributed by atoms with E-state index >= 15 is 0 Å². The summed E-state index contributed by atoms with van der Waals surface area (Å²) >= 11 is 0. The number of aromatic nitrogens is 2. The molecule has 1 atom stereocenters. The molecule has 0 aliphatic heterocycles. The van der Waals surface area contributed by atoms with Gasteiger partial charge in [-0.1, -0.05) is 13.8 Å². The smallest absolute Gasteiger partial charge is 0.236 e. The third-order valence-electron chi connectivity index (χ3n) is 2.97. The average Bonchev–Trinajstić information content (AvgIpc) is 2.81. The number of carbonyl (C=O) groups is 1. The lowest BCUT2D eigenvalue weighted by Crippen LogP contribution is -2.43. The molecule has 0 saturated heterocycles. The van der Waals surface area contributed by atoms with Gasteiger partial charge >= 0.3 is 0 Å². The van der Waals surface area contributed by atoms with Crippen molar-refractivity contribution in [3.63, 3.8) is 0 Å². The van der Waals surface area contributed by atoms with E-state index in [0.717, 1.165) is 12.2 Å². The Bertz CT molecular complexity index is 398. The molecule has 0 aliphatic rings. The Hall–Kier alpha value is -1.36. The van der Waals surface area contributed by atoms with Crippen LogP contribution < -0.4 is 10.6 Å². The lowest BCUT2D eigenvalue weighted by molar-refractivity contribution is -0.122. The molecule has 2 N–H and O–H groups in total. The second kappa shape index (κ2) is 7.28. The second-order valence-corrected chi connectivity index (χ2v) is 5.63. The summed E-state index contributed by atoms with van der Waals surface area (Å²) in [6.07, 6.45) is 3.66. The van der Waals surface area contributed by atoms with E-state index in [-0.39, 0.29) is 11.9 Å². The van der Waals surface area contributed by atoms with E-state index in [9.17, 15) is 4.79 Å². The van der Waals surface area contributed by atoms with E-state index in [4.69, 9.17) is 0 Å². The molecule has 5 nitrogen and oxygen atoms in total. The Morgan fingerprint density at radius 3 is 2.58 bits per heavy atom. The minimum Gasteiger partial charge on any atom is -0.354 e. The highest BCUT2D eigenvalue weighted by atomic mass is 16.2. The molecule has 1 aromatic rings. The normalized spacial score (nSPS) is 13.0. The van der Waals surface area contributed by atoms with Crippen molar-refractivity contribution in [2.75, 3.05) is 6.54 Å². The molecule has 0 aliphatic carbocycles. The van der Waals surface area contributed by atoms with Crippen LogP contribution in [0.3, 0.4) is 0 Å². The van der Waals surface area contributed by atoms with Crippen molar-refractivity contribution < 1.29 is 4.79 Å². The Morgan fingerprint density at radius 1 is 1.32 bits per heavy atom. The molecule has 1 unspecified atom stereocenters. The molecule has 0 radical (unpaired) electrons. The van der Waals surface area contributed by atoms with E-state index in [1.807, 2.05) is 19.4 Å². The predicted molar refractivity (Wildman–Crippen MR) is 76.8 cm³/mol. The third-order valence-corrected chi connectivity index (χ3v) is 2.97. The first kappa shape index (κ1) is 15.7. The molecular weight excluding hydrogens is 240 g/mol. The summed E-state index contributed by atoms with van der Waals surface area (Å²) in [7, 11) is 0. The molecule has 1 aromatic heterocycles. The summed E-state index contributed by atoms with van der Waals surface area (Å²) in [6.45, 7) is 11.6. The van der Waals surface area contributed by atoms with Gasteiger partial charge < -0.3 is 15.2 Å². The average molecular weight is 266 g/mol. The number of imidazole rings is 1. The maximum Gasteiger partial charge on any atom is 0.236 e. The van der Waals surface area contributed by atoms with Crippen LogP contribution in [0.1, 0.15) is 46.4 Å². The van der Waals surface area contributed by atoms with Crippen LogP contribution in [0.25, 0.3) is 0 Å². The van der Waals surface area contributed by atoms with Gasteiger partial charge in [0.2, 0.25) is 5.91 Å². The van der Waals surface area contributed by atoms with Gasteiger partial charge in [-0.15, -0.1) is 0 Å². The van der Waals surface area contributed by atoms with Gasteiger partial charge in [0.1, 0.15) is 0 Å². The van der Waals surface area contributed by atoms with Gasteiger partial charge in [-0.2, -0.15) is 0 Å². The van der Waals surface area contributed by atoms with E-state index in [1.165, 1.54) is 0 Å². The molecule has 0 spiro atoms. The molecule has 5 heteroatoms. The third kappa shape index (κ3) is 5.03. The van der Waals surface area contributed by atoms with E-state index in [1.54, 1.807) is 0 Å². The van der Waals surface area contributed by atoms with Crippen molar-refractivity contribution in [3.8, 4) is 0 Å². The van der Waals surface area contributed by atoms with Crippen molar-refractivity contribution in [2.24, 2.45) is 5.92 Å². The Kier molecular flexibility index (Phi) is 6.02. The summed E-state index contributed by atoms with van der Waals surface area (Å²) in [5.74, 6) is 0.517. The number of rotatable bonds is 7. The van der Waals surface area contributed by atoms with Gasteiger partial charge in [0.25, 0.3) is 0 Å². The maximum absolute atomic E-state index is 11.8. The topological polar surface area (TPSA) is 59.0 Å². The second-order valence-electron chi connectivity index (χ2n) is 5.63. The summed E-state index contributed by atoms with van der Waals surface area (Å²) in [4.78, 5) is 16.0. The highest BCUT2D eigenvalue weighted by Crippen LogP contribution is 2.08. The van der Waals surface area contributed by atoms with Gasteiger partial charge in [-0.3, -0.25) is 4.79 Å². The molecule has 0 aromatic carbocycles. The van der Waals surface area contributed by atoms with Gasteiger partial charge in [-0.05, 0) is 26.7 Å². The SMILES string of the molecule is CC(C)CNC(=O)C(C)NCc1cncn1C(C)C. The zero-order valence-electron chi connectivity index (χ0n) is 12.6. The molecule has 108 valence electrons. The summed E-state index contributed by atoms with van der Waals surface area (Å²) < 4.78 is 2.10. The van der Waals surface area contributed by atoms with Crippen molar-refractivity contribution in [3.05, 3.63) is 18.2 Å². The minimum absolute atomic E-state index is 0.0457. The molecule has 1 rings (SSSR count). The Labute approximate surface area is 115 Å². The minimum atomic E-state index is -0.200. The first-order chi connectivity index (χ1) is 8.91. The van der Waals surface area contributed by atoms with Crippen LogP contribution in [-0.4, -0.2) is 28.0 Å². The molecule has 0 saturated carbocycles. The number of amides is 1. The van der Waals surface area contributed by atoms with Gasteiger partial charge in [0.15, 0.2) is 0 Å². The fourth-order valence-corrected chi connectivity index (χ4v) is 1.74. The zero-order valence-corrected chi connectivity index (χ0v) is 12.6. The lowest BCUT2D eigenvalue weighted by atomic mass is 10.2. The first-order valence-electron chi connectivity index (χ1n) is 6.93. The first-order valence-corrected chi connectivity index (χ1v) is 6.93. The van der Waals surface area contributed by atoms with Crippen molar-refractivity contribution in [1.29, 1.82) is 0 Å². The molecule has 1 amide bonds. The van der Waals surface area contributed by atoms with Crippen LogP contribution in [0.2, 0.25) is 0 Å². The van der Waals surface area contributed by atoms with Crippen LogP contribution in [0.15, 0.2) is 12.5 Å². The van der Waals surface area contributed by atoms with Crippen molar-refractivity contribution in [1.82, 2.24) is 20.2 Å². The highest BCUT2D eigenvalue weighted by molar-refractivity contribution is 5.81. The molecule has 0 bridgehead atoms. The van der Waals surface area contributed by atoms with Crippen LogP contribution in [0.5, 0.6) is 0 Å². The standard InChI is InChI=1S/C14H26N4O/c1-10(2)6-17-14(19)12(5)16-8-13-7-15-9-18(13)11(3)4/h7,9-12,16H,6,8H2,1-5H3,(H,17,19). The predicted octanol–water partition coefficient (Wildman–Crippen LogP) is 1.71. The fourth-order valence-electron chi connectivity index (χ4n) is 1.74.